The van der Waals surface area contributed by atoms with Gasteiger partial charge >= 0.3 is 0 Å². The predicted molar refractivity (Wildman–Crippen MR) is 54.1 cm³/mol. The minimum absolute atomic E-state index is 0.0246. The number of nitrogens with two attached hydrogens (primary N) is 1. The van der Waals surface area contributed by atoms with Crippen LogP contribution >= 0.6 is 0 Å². The molecule has 0 aliphatic carbocycles. The van der Waals surface area contributed by atoms with Gasteiger partial charge in [0.15, 0.2) is 5.82 Å². The molecule has 0 saturated carbocycles. The smallest absolute Gasteiger partial charge is 0.276 e. The zero-order valence-electron chi connectivity index (χ0n) is 7.95. The number of hydrogen-bond acceptors (Lipinski definition) is 5. The molecular weight excluding hydrogens is 184 g/mol. The molecule has 1 atom stereocenters. The minimum atomic E-state index is -0.362. The number of anilines is 2. The molecule has 1 unspecified atom stereocenters. The van der Waals surface area contributed by atoms with Crippen molar-refractivity contribution in [3.05, 3.63) is 16.7 Å². The fourth-order valence-corrected chi connectivity index (χ4v) is 1.02. The largest absolute Gasteiger partial charge is 0.396 e. The second kappa shape index (κ2) is 4.61. The van der Waals surface area contributed by atoms with Crippen LogP contribution in [0.15, 0.2) is 11.1 Å². The molecule has 0 aromatic carbocycles. The molecule has 0 radical (unpaired) electrons. The third-order valence-electron chi connectivity index (χ3n) is 1.83. The molecule has 5 N–H and O–H groups in total. The number of nitrogens with zero attached hydrogens (tertiary/aromatic N) is 1. The van der Waals surface area contributed by atoms with E-state index in [4.69, 9.17) is 10.8 Å². The van der Waals surface area contributed by atoms with E-state index in [2.05, 4.69) is 15.3 Å². The molecule has 78 valence electrons. The van der Waals surface area contributed by atoms with Crippen molar-refractivity contribution >= 4 is 11.5 Å². The number of aromatic amines is 1. The van der Waals surface area contributed by atoms with Crippen LogP contribution in [0.5, 0.6) is 0 Å². The van der Waals surface area contributed by atoms with Crippen LogP contribution in [0.4, 0.5) is 11.5 Å². The second-order valence-corrected chi connectivity index (χ2v) is 3.05. The Bertz CT molecular complexity index is 349. The van der Waals surface area contributed by atoms with Crippen LogP contribution in [0, 0.1) is 0 Å². The van der Waals surface area contributed by atoms with Gasteiger partial charge in [-0.1, -0.05) is 0 Å². The SMILES string of the molecule is CC(CCO)Nc1nc[nH]c(=O)c1N. The van der Waals surface area contributed by atoms with Gasteiger partial charge < -0.3 is 21.1 Å². The number of nitrogen functional groups attached to an aromatic ring is 1. The maximum atomic E-state index is 11.1. The van der Waals surface area contributed by atoms with Crippen molar-refractivity contribution in [3.63, 3.8) is 0 Å². The summed E-state index contributed by atoms with van der Waals surface area (Å²) in [4.78, 5) is 17.3. The summed E-state index contributed by atoms with van der Waals surface area (Å²) < 4.78 is 0. The normalized spacial score (nSPS) is 12.4. The zero-order chi connectivity index (χ0) is 10.6. The first kappa shape index (κ1) is 10.5. The van der Waals surface area contributed by atoms with Crippen molar-refractivity contribution in [1.29, 1.82) is 0 Å². The molecule has 0 bridgehead atoms. The highest BCUT2D eigenvalue weighted by atomic mass is 16.3. The molecule has 6 nitrogen and oxygen atoms in total. The quantitative estimate of drug-likeness (QED) is 0.524. The van der Waals surface area contributed by atoms with E-state index in [0.29, 0.717) is 12.2 Å². The lowest BCUT2D eigenvalue weighted by Gasteiger charge is -2.13. The highest BCUT2D eigenvalue weighted by Crippen LogP contribution is 2.09. The molecule has 0 saturated heterocycles. The molecule has 0 fully saturated rings. The highest BCUT2D eigenvalue weighted by molar-refractivity contribution is 5.59. The molecule has 1 aromatic heterocycles. The minimum Gasteiger partial charge on any atom is -0.396 e. The van der Waals surface area contributed by atoms with Gasteiger partial charge in [-0.25, -0.2) is 4.98 Å². The van der Waals surface area contributed by atoms with E-state index in [0.717, 1.165) is 0 Å². The average molecular weight is 198 g/mol. The van der Waals surface area contributed by atoms with Gasteiger partial charge in [-0.05, 0) is 13.3 Å². The van der Waals surface area contributed by atoms with E-state index in [1.165, 1.54) is 6.33 Å². The summed E-state index contributed by atoms with van der Waals surface area (Å²) in [5.41, 5.74) is 5.20. The Balaban J connectivity index is 2.76. The summed E-state index contributed by atoms with van der Waals surface area (Å²) in [5.74, 6) is 0.356. The fraction of sp³-hybridized carbons (Fsp3) is 0.500. The number of aliphatic hydroxyl groups is 1. The second-order valence-electron chi connectivity index (χ2n) is 3.05. The first-order valence-electron chi connectivity index (χ1n) is 4.35. The van der Waals surface area contributed by atoms with Crippen LogP contribution in [0.1, 0.15) is 13.3 Å². The predicted octanol–water partition coefficient (Wildman–Crippen LogP) is -0.465. The molecule has 1 heterocycles. The zero-order valence-corrected chi connectivity index (χ0v) is 7.95. The third kappa shape index (κ3) is 2.46. The summed E-state index contributed by atoms with van der Waals surface area (Å²) >= 11 is 0. The fourth-order valence-electron chi connectivity index (χ4n) is 1.02. The molecule has 14 heavy (non-hydrogen) atoms. The van der Waals surface area contributed by atoms with Crippen molar-refractivity contribution in [3.8, 4) is 0 Å². The van der Waals surface area contributed by atoms with Crippen LogP contribution in [0.3, 0.4) is 0 Å². The first-order chi connectivity index (χ1) is 6.65. The Hall–Kier alpha value is -1.56. The summed E-state index contributed by atoms with van der Waals surface area (Å²) in [6.07, 6.45) is 1.86. The van der Waals surface area contributed by atoms with E-state index in [9.17, 15) is 4.79 Å². The van der Waals surface area contributed by atoms with Crippen molar-refractivity contribution in [1.82, 2.24) is 9.97 Å². The highest BCUT2D eigenvalue weighted by Gasteiger charge is 2.07. The van der Waals surface area contributed by atoms with E-state index in [1.54, 1.807) is 0 Å². The Labute approximate surface area is 81.2 Å². The maximum Gasteiger partial charge on any atom is 0.276 e. The Morgan fingerprint density at radius 1 is 1.79 bits per heavy atom. The van der Waals surface area contributed by atoms with Gasteiger partial charge in [0.2, 0.25) is 0 Å². The first-order valence-corrected chi connectivity index (χ1v) is 4.35. The number of H-pyrrole nitrogens is 1. The van der Waals surface area contributed by atoms with E-state index >= 15 is 0 Å². The summed E-state index contributed by atoms with van der Waals surface area (Å²) in [7, 11) is 0. The topological polar surface area (TPSA) is 104 Å². The van der Waals surface area contributed by atoms with Crippen LogP contribution in [-0.4, -0.2) is 27.7 Å². The molecule has 1 aromatic rings. The van der Waals surface area contributed by atoms with Gasteiger partial charge in [0.1, 0.15) is 5.69 Å². The van der Waals surface area contributed by atoms with Crippen LogP contribution in [0.25, 0.3) is 0 Å². The van der Waals surface area contributed by atoms with E-state index < -0.39 is 0 Å². The summed E-state index contributed by atoms with van der Waals surface area (Å²) in [5, 5.41) is 11.6. The molecule has 1 rings (SSSR count). The molecule has 6 heteroatoms. The van der Waals surface area contributed by atoms with Crippen molar-refractivity contribution in [2.24, 2.45) is 0 Å². The average Bonchev–Trinajstić information content (AvgIpc) is 2.13. The van der Waals surface area contributed by atoms with Gasteiger partial charge in [0.05, 0.1) is 6.33 Å². The molecule has 0 aliphatic heterocycles. The van der Waals surface area contributed by atoms with Gasteiger partial charge in [-0.2, -0.15) is 0 Å². The lowest BCUT2D eigenvalue weighted by molar-refractivity contribution is 0.282. The van der Waals surface area contributed by atoms with E-state index in [-0.39, 0.29) is 23.9 Å². The van der Waals surface area contributed by atoms with Gasteiger partial charge in [0, 0.05) is 12.6 Å². The van der Waals surface area contributed by atoms with Crippen LogP contribution in [0.2, 0.25) is 0 Å². The molecule has 0 amide bonds. The Kier molecular flexibility index (Phi) is 3.47. The number of aliphatic hydroxyl groups excluding tert-OH is 1. The van der Waals surface area contributed by atoms with Crippen LogP contribution in [-0.2, 0) is 0 Å². The lowest BCUT2D eigenvalue weighted by Crippen LogP contribution is -2.22. The Morgan fingerprint density at radius 2 is 2.50 bits per heavy atom. The number of hydrogen-bond donors (Lipinski definition) is 4. The Morgan fingerprint density at radius 3 is 3.14 bits per heavy atom. The van der Waals surface area contributed by atoms with Crippen molar-refractivity contribution < 1.29 is 5.11 Å². The number of aromatic nitrogens is 2. The molecular formula is C8H14N4O2. The summed E-state index contributed by atoms with van der Waals surface area (Å²) in [6, 6.07) is 0.0246. The van der Waals surface area contributed by atoms with Gasteiger partial charge in [-0.15, -0.1) is 0 Å². The molecule has 0 aliphatic rings. The summed E-state index contributed by atoms with van der Waals surface area (Å²) in [6.45, 7) is 1.95. The van der Waals surface area contributed by atoms with E-state index in [1.807, 2.05) is 6.92 Å². The standard InChI is InChI=1S/C8H14N4O2/c1-5(2-3-13)12-7-6(9)8(14)11-4-10-7/h4-5,13H,2-3,9H2,1H3,(H2,10,11,12,14). The number of rotatable bonds is 4. The van der Waals surface area contributed by atoms with Gasteiger partial charge in [0.25, 0.3) is 5.56 Å². The van der Waals surface area contributed by atoms with Crippen molar-refractivity contribution in [2.75, 3.05) is 17.7 Å². The monoisotopic (exact) mass is 198 g/mol. The molecule has 0 spiro atoms. The van der Waals surface area contributed by atoms with Crippen molar-refractivity contribution in [2.45, 2.75) is 19.4 Å². The third-order valence-corrected chi connectivity index (χ3v) is 1.83. The lowest BCUT2D eigenvalue weighted by atomic mass is 10.2. The van der Waals surface area contributed by atoms with Gasteiger partial charge in [-0.3, -0.25) is 4.79 Å². The maximum absolute atomic E-state index is 11.1. The number of nitrogens with one attached hydrogen (secondary N) is 2. The van der Waals surface area contributed by atoms with Crippen LogP contribution < -0.4 is 16.6 Å².